The molecule has 1 aromatic carbocycles. The molecule has 0 aliphatic heterocycles. The second-order valence-corrected chi connectivity index (χ2v) is 3.76. The lowest BCUT2D eigenvalue weighted by Crippen LogP contribution is -1.95. The topological polar surface area (TPSA) is 52.0 Å². The lowest BCUT2D eigenvalue weighted by Gasteiger charge is -1.99. The van der Waals surface area contributed by atoms with Crippen LogP contribution in [0.15, 0.2) is 28.8 Å². The Hall–Kier alpha value is -1.39. The maximum Gasteiger partial charge on any atom is 0.208 e. The SMILES string of the molecule is NCc1ncc(Cc2ccc(Cl)c(F)c2)o1. The van der Waals surface area contributed by atoms with Crippen molar-refractivity contribution < 1.29 is 8.81 Å². The zero-order chi connectivity index (χ0) is 11.5. The quantitative estimate of drug-likeness (QED) is 0.897. The summed E-state index contributed by atoms with van der Waals surface area (Å²) in [6.45, 7) is 0.259. The van der Waals surface area contributed by atoms with Crippen LogP contribution < -0.4 is 5.73 Å². The second kappa shape index (κ2) is 4.63. The van der Waals surface area contributed by atoms with E-state index < -0.39 is 5.82 Å². The number of hydrogen-bond acceptors (Lipinski definition) is 3. The molecule has 2 rings (SSSR count). The Labute approximate surface area is 97.0 Å². The molecule has 1 heterocycles. The van der Waals surface area contributed by atoms with Crippen LogP contribution in [-0.2, 0) is 13.0 Å². The van der Waals surface area contributed by atoms with Gasteiger partial charge >= 0.3 is 0 Å². The van der Waals surface area contributed by atoms with Crippen molar-refractivity contribution in [2.75, 3.05) is 0 Å². The Bertz CT molecular complexity index is 498. The van der Waals surface area contributed by atoms with Crippen molar-refractivity contribution in [3.8, 4) is 0 Å². The maximum atomic E-state index is 13.2. The van der Waals surface area contributed by atoms with Gasteiger partial charge in [-0.2, -0.15) is 0 Å². The molecule has 16 heavy (non-hydrogen) atoms. The van der Waals surface area contributed by atoms with Gasteiger partial charge in [0.05, 0.1) is 17.8 Å². The minimum absolute atomic E-state index is 0.115. The van der Waals surface area contributed by atoms with Crippen LogP contribution in [0.5, 0.6) is 0 Å². The van der Waals surface area contributed by atoms with Crippen LogP contribution in [0, 0.1) is 5.82 Å². The van der Waals surface area contributed by atoms with Crippen LogP contribution in [0.25, 0.3) is 0 Å². The van der Waals surface area contributed by atoms with Gasteiger partial charge in [0.25, 0.3) is 0 Å². The highest BCUT2D eigenvalue weighted by molar-refractivity contribution is 6.30. The van der Waals surface area contributed by atoms with Crippen LogP contribution in [0.2, 0.25) is 5.02 Å². The van der Waals surface area contributed by atoms with Gasteiger partial charge in [-0.05, 0) is 17.7 Å². The van der Waals surface area contributed by atoms with E-state index in [9.17, 15) is 4.39 Å². The number of oxazole rings is 1. The minimum Gasteiger partial charge on any atom is -0.444 e. The summed E-state index contributed by atoms with van der Waals surface area (Å²) < 4.78 is 18.5. The predicted octanol–water partition coefficient (Wildman–Crippen LogP) is 2.52. The summed E-state index contributed by atoms with van der Waals surface area (Å²) in [6, 6.07) is 4.65. The second-order valence-electron chi connectivity index (χ2n) is 3.35. The molecule has 3 nitrogen and oxygen atoms in total. The fraction of sp³-hybridized carbons (Fsp3) is 0.182. The molecular formula is C11H10ClFN2O. The lowest BCUT2D eigenvalue weighted by molar-refractivity contribution is 0.464. The fourth-order valence-electron chi connectivity index (χ4n) is 1.37. The molecule has 0 spiro atoms. The summed E-state index contributed by atoms with van der Waals surface area (Å²) in [6.07, 6.45) is 2.07. The highest BCUT2D eigenvalue weighted by Crippen LogP contribution is 2.18. The van der Waals surface area contributed by atoms with Gasteiger partial charge in [0.15, 0.2) is 0 Å². The van der Waals surface area contributed by atoms with Crippen LogP contribution in [-0.4, -0.2) is 4.98 Å². The summed E-state index contributed by atoms with van der Waals surface area (Å²) in [5.74, 6) is 0.698. The Morgan fingerprint density at radius 2 is 2.25 bits per heavy atom. The molecule has 0 radical (unpaired) electrons. The summed E-state index contributed by atoms with van der Waals surface area (Å²) >= 11 is 5.58. The Morgan fingerprint density at radius 1 is 1.44 bits per heavy atom. The van der Waals surface area contributed by atoms with Gasteiger partial charge in [0.2, 0.25) is 5.89 Å². The van der Waals surface area contributed by atoms with E-state index in [1.165, 1.54) is 12.1 Å². The van der Waals surface area contributed by atoms with Crippen LogP contribution >= 0.6 is 11.6 Å². The molecule has 1 aromatic heterocycles. The van der Waals surface area contributed by atoms with Gasteiger partial charge in [0, 0.05) is 6.42 Å². The largest absolute Gasteiger partial charge is 0.444 e. The van der Waals surface area contributed by atoms with Crippen molar-refractivity contribution in [3.05, 3.63) is 52.5 Å². The first-order chi connectivity index (χ1) is 7.69. The van der Waals surface area contributed by atoms with Gasteiger partial charge in [0.1, 0.15) is 11.6 Å². The molecule has 0 bridgehead atoms. The molecule has 0 fully saturated rings. The molecular weight excluding hydrogens is 231 g/mol. The maximum absolute atomic E-state index is 13.2. The number of benzene rings is 1. The van der Waals surface area contributed by atoms with Crippen molar-refractivity contribution >= 4 is 11.6 Å². The van der Waals surface area contributed by atoms with E-state index in [1.807, 2.05) is 0 Å². The molecule has 0 saturated heterocycles. The number of hydrogen-bond donors (Lipinski definition) is 1. The van der Waals surface area contributed by atoms with Crippen LogP contribution in [0.3, 0.4) is 0 Å². The van der Waals surface area contributed by atoms with E-state index in [1.54, 1.807) is 12.3 Å². The van der Waals surface area contributed by atoms with Gasteiger partial charge in [-0.25, -0.2) is 9.37 Å². The summed E-state index contributed by atoms with van der Waals surface area (Å²) in [5, 5.41) is 0.115. The molecule has 2 aromatic rings. The smallest absolute Gasteiger partial charge is 0.208 e. The molecule has 0 unspecified atom stereocenters. The molecule has 0 atom stereocenters. The van der Waals surface area contributed by atoms with Gasteiger partial charge in [-0.1, -0.05) is 17.7 Å². The van der Waals surface area contributed by atoms with Crippen molar-refractivity contribution in [2.45, 2.75) is 13.0 Å². The Morgan fingerprint density at radius 3 is 2.88 bits per heavy atom. The van der Waals surface area contributed by atoms with Gasteiger partial charge in [-0.15, -0.1) is 0 Å². The average molecular weight is 241 g/mol. The lowest BCUT2D eigenvalue weighted by atomic mass is 10.1. The third-order valence-electron chi connectivity index (χ3n) is 2.14. The normalized spacial score (nSPS) is 10.7. The first kappa shape index (κ1) is 11.1. The summed E-state index contributed by atoms with van der Waals surface area (Å²) in [5.41, 5.74) is 6.15. The molecule has 5 heteroatoms. The molecule has 0 aliphatic rings. The van der Waals surface area contributed by atoms with Crippen LogP contribution in [0.1, 0.15) is 17.2 Å². The first-order valence-corrected chi connectivity index (χ1v) is 5.14. The third kappa shape index (κ3) is 2.40. The standard InChI is InChI=1S/C11H10ClFN2O/c12-9-2-1-7(4-10(9)13)3-8-6-15-11(5-14)16-8/h1-2,4,6H,3,5,14H2. The zero-order valence-corrected chi connectivity index (χ0v) is 9.17. The molecule has 0 saturated carbocycles. The zero-order valence-electron chi connectivity index (χ0n) is 8.41. The van der Waals surface area contributed by atoms with Crippen molar-refractivity contribution in [1.82, 2.24) is 4.98 Å². The molecule has 84 valence electrons. The van der Waals surface area contributed by atoms with E-state index in [2.05, 4.69) is 4.98 Å². The predicted molar refractivity (Wildman–Crippen MR) is 58.6 cm³/mol. The fourth-order valence-corrected chi connectivity index (χ4v) is 1.49. The molecule has 2 N–H and O–H groups in total. The summed E-state index contributed by atoms with van der Waals surface area (Å²) in [7, 11) is 0. The number of halogens is 2. The highest BCUT2D eigenvalue weighted by atomic mass is 35.5. The highest BCUT2D eigenvalue weighted by Gasteiger charge is 2.06. The first-order valence-electron chi connectivity index (χ1n) is 4.76. The monoisotopic (exact) mass is 240 g/mol. The summed E-state index contributed by atoms with van der Waals surface area (Å²) in [4.78, 5) is 3.96. The van der Waals surface area contributed by atoms with E-state index in [4.69, 9.17) is 21.8 Å². The minimum atomic E-state index is -0.433. The van der Waals surface area contributed by atoms with Gasteiger partial charge in [-0.3, -0.25) is 0 Å². The molecule has 0 amide bonds. The van der Waals surface area contributed by atoms with E-state index in [0.29, 0.717) is 18.1 Å². The average Bonchev–Trinajstić information content (AvgIpc) is 2.71. The number of rotatable bonds is 3. The van der Waals surface area contributed by atoms with Crippen molar-refractivity contribution in [1.29, 1.82) is 0 Å². The number of nitrogens with zero attached hydrogens (tertiary/aromatic N) is 1. The third-order valence-corrected chi connectivity index (χ3v) is 2.44. The Kier molecular flexibility index (Phi) is 3.22. The van der Waals surface area contributed by atoms with E-state index in [-0.39, 0.29) is 11.6 Å². The number of aromatic nitrogens is 1. The van der Waals surface area contributed by atoms with Crippen LogP contribution in [0.4, 0.5) is 4.39 Å². The van der Waals surface area contributed by atoms with E-state index in [0.717, 1.165) is 5.56 Å². The van der Waals surface area contributed by atoms with Crippen molar-refractivity contribution in [3.63, 3.8) is 0 Å². The van der Waals surface area contributed by atoms with E-state index >= 15 is 0 Å². The van der Waals surface area contributed by atoms with Crippen molar-refractivity contribution in [2.24, 2.45) is 5.73 Å². The van der Waals surface area contributed by atoms with Gasteiger partial charge < -0.3 is 10.2 Å². The molecule has 0 aliphatic carbocycles. The number of nitrogens with two attached hydrogens (primary N) is 1. The Balaban J connectivity index is 2.17.